The van der Waals surface area contributed by atoms with E-state index >= 15 is 0 Å². The molecule has 2 aromatic rings. The number of hydrogen-bond donors (Lipinski definition) is 0. The van der Waals surface area contributed by atoms with Gasteiger partial charge in [0.2, 0.25) is 0 Å². The monoisotopic (exact) mass is 397 g/mol. The molecule has 10 heteroatoms. The molecule has 150 valence electrons. The summed E-state index contributed by atoms with van der Waals surface area (Å²) in [5.41, 5.74) is 0. The van der Waals surface area contributed by atoms with Gasteiger partial charge in [0.25, 0.3) is 5.91 Å². The minimum Gasteiger partial charge on any atom is -1.00 e. The third-order valence-electron chi connectivity index (χ3n) is 4.69. The highest BCUT2D eigenvalue weighted by Gasteiger charge is 2.33. The van der Waals surface area contributed by atoms with Crippen molar-refractivity contribution in [1.29, 1.82) is 0 Å². The number of amides is 1. The van der Waals surface area contributed by atoms with Crippen LogP contribution in [0, 0.1) is 5.92 Å². The molecule has 0 bridgehead atoms. The molecule has 0 spiro atoms. The van der Waals surface area contributed by atoms with E-state index in [9.17, 15) is 4.79 Å². The second-order valence-electron chi connectivity index (χ2n) is 6.75. The van der Waals surface area contributed by atoms with Crippen molar-refractivity contribution < 1.29 is 26.4 Å². The van der Waals surface area contributed by atoms with E-state index in [1.54, 1.807) is 19.2 Å². The fourth-order valence-electron chi connectivity index (χ4n) is 3.40. The summed E-state index contributed by atoms with van der Waals surface area (Å²) in [6, 6.07) is 3.54. The van der Waals surface area contributed by atoms with Gasteiger partial charge in [0.05, 0.1) is 25.5 Å². The first-order valence-electron chi connectivity index (χ1n) is 8.93. The van der Waals surface area contributed by atoms with Gasteiger partial charge in [-0.25, -0.2) is 4.68 Å². The largest absolute Gasteiger partial charge is 1.00 e. The summed E-state index contributed by atoms with van der Waals surface area (Å²) in [4.78, 5) is 16.6. The number of aromatic nitrogens is 4. The molecule has 27 heavy (non-hydrogen) atoms. The third kappa shape index (κ3) is 4.85. The molecule has 1 amide bonds. The molecule has 1 aliphatic heterocycles. The van der Waals surface area contributed by atoms with Crippen LogP contribution in [0.1, 0.15) is 36.3 Å². The second kappa shape index (κ2) is 9.82. The lowest BCUT2D eigenvalue weighted by Crippen LogP contribution is -3.00. The quantitative estimate of drug-likeness (QED) is 0.537. The first kappa shape index (κ1) is 21.3. The van der Waals surface area contributed by atoms with E-state index in [2.05, 4.69) is 34.3 Å². The smallest absolute Gasteiger partial charge is 0.289 e. The van der Waals surface area contributed by atoms with E-state index < -0.39 is 0 Å². The molecule has 2 aromatic heterocycles. The van der Waals surface area contributed by atoms with Gasteiger partial charge in [-0.05, 0) is 28.5 Å². The SMILES string of the molecule is COCCn1nnnc1C(C(C)C)N1CCN(C(=O)c2ccco2)CC1.[Cl-]. The summed E-state index contributed by atoms with van der Waals surface area (Å²) < 4.78 is 12.2. The van der Waals surface area contributed by atoms with Crippen LogP contribution in [-0.4, -0.2) is 75.8 Å². The van der Waals surface area contributed by atoms with E-state index in [-0.39, 0.29) is 24.4 Å². The average molecular weight is 398 g/mol. The fourth-order valence-corrected chi connectivity index (χ4v) is 3.40. The molecule has 0 aromatic carbocycles. The number of hydrogen-bond acceptors (Lipinski definition) is 7. The van der Waals surface area contributed by atoms with Crippen molar-refractivity contribution in [3.05, 3.63) is 30.0 Å². The van der Waals surface area contributed by atoms with Gasteiger partial charge in [-0.15, -0.1) is 5.10 Å². The molecular formula is C17H26ClN6O3-. The van der Waals surface area contributed by atoms with E-state index in [1.165, 1.54) is 6.26 Å². The Morgan fingerprint density at radius 1 is 1.30 bits per heavy atom. The molecular weight excluding hydrogens is 372 g/mol. The summed E-state index contributed by atoms with van der Waals surface area (Å²) in [6.45, 7) is 8.37. The Hall–Kier alpha value is -1.97. The van der Waals surface area contributed by atoms with Gasteiger partial charge < -0.3 is 26.5 Å². The van der Waals surface area contributed by atoms with Crippen molar-refractivity contribution >= 4 is 5.91 Å². The van der Waals surface area contributed by atoms with Gasteiger partial charge in [0.1, 0.15) is 0 Å². The maximum atomic E-state index is 12.4. The van der Waals surface area contributed by atoms with Gasteiger partial charge in [0.15, 0.2) is 11.6 Å². The lowest BCUT2D eigenvalue weighted by atomic mass is 10.0. The number of carbonyl (C=O) groups excluding carboxylic acids is 1. The normalized spacial score (nSPS) is 16.4. The molecule has 0 aliphatic carbocycles. The van der Waals surface area contributed by atoms with Gasteiger partial charge >= 0.3 is 0 Å². The first-order chi connectivity index (χ1) is 12.6. The zero-order chi connectivity index (χ0) is 18.5. The van der Waals surface area contributed by atoms with Crippen LogP contribution in [0.5, 0.6) is 0 Å². The predicted octanol–water partition coefficient (Wildman–Crippen LogP) is -1.93. The summed E-state index contributed by atoms with van der Waals surface area (Å²) in [7, 11) is 1.67. The third-order valence-corrected chi connectivity index (χ3v) is 4.69. The summed E-state index contributed by atoms with van der Waals surface area (Å²) >= 11 is 0. The number of methoxy groups -OCH3 is 1. The van der Waals surface area contributed by atoms with Crippen molar-refractivity contribution in [3.8, 4) is 0 Å². The average Bonchev–Trinajstić information content (AvgIpc) is 3.32. The van der Waals surface area contributed by atoms with Crippen LogP contribution >= 0.6 is 0 Å². The Morgan fingerprint density at radius 3 is 2.63 bits per heavy atom. The van der Waals surface area contributed by atoms with Crippen LogP contribution in [0.4, 0.5) is 0 Å². The molecule has 3 rings (SSSR count). The number of ether oxygens (including phenoxy) is 1. The van der Waals surface area contributed by atoms with Crippen LogP contribution in [0.25, 0.3) is 0 Å². The highest BCUT2D eigenvalue weighted by atomic mass is 35.5. The van der Waals surface area contributed by atoms with E-state index in [0.29, 0.717) is 37.9 Å². The van der Waals surface area contributed by atoms with E-state index in [0.717, 1.165) is 18.9 Å². The van der Waals surface area contributed by atoms with Gasteiger partial charge in [-0.2, -0.15) is 0 Å². The Bertz CT molecular complexity index is 697. The molecule has 3 heterocycles. The number of rotatable bonds is 7. The van der Waals surface area contributed by atoms with Crippen molar-refractivity contribution in [2.75, 3.05) is 39.9 Å². The number of furan rings is 1. The van der Waals surface area contributed by atoms with Crippen molar-refractivity contribution in [1.82, 2.24) is 30.0 Å². The molecule has 1 fully saturated rings. The molecule has 1 aliphatic rings. The minimum atomic E-state index is -0.0549. The fraction of sp³-hybridized carbons (Fsp3) is 0.647. The Kier molecular flexibility index (Phi) is 7.76. The molecule has 0 saturated carbocycles. The maximum Gasteiger partial charge on any atom is 0.289 e. The van der Waals surface area contributed by atoms with Crippen LogP contribution in [0.2, 0.25) is 0 Å². The van der Waals surface area contributed by atoms with Crippen LogP contribution in [-0.2, 0) is 11.3 Å². The number of piperazine rings is 1. The summed E-state index contributed by atoms with van der Waals surface area (Å²) in [6.07, 6.45) is 1.53. The highest BCUT2D eigenvalue weighted by Crippen LogP contribution is 2.28. The van der Waals surface area contributed by atoms with Crippen molar-refractivity contribution in [2.45, 2.75) is 26.4 Å². The lowest BCUT2D eigenvalue weighted by molar-refractivity contribution is -0.0000180. The van der Waals surface area contributed by atoms with Gasteiger partial charge in [-0.1, -0.05) is 13.8 Å². The summed E-state index contributed by atoms with van der Waals surface area (Å²) in [5.74, 6) is 1.53. The first-order valence-corrected chi connectivity index (χ1v) is 8.93. The molecule has 1 saturated heterocycles. The zero-order valence-electron chi connectivity index (χ0n) is 15.9. The molecule has 1 atom stereocenters. The molecule has 0 radical (unpaired) electrons. The molecule has 0 N–H and O–H groups in total. The Labute approximate surface area is 165 Å². The number of tetrazole rings is 1. The Balaban J connectivity index is 0.00000261. The second-order valence-corrected chi connectivity index (χ2v) is 6.75. The van der Waals surface area contributed by atoms with Crippen LogP contribution in [0.15, 0.2) is 22.8 Å². The predicted molar refractivity (Wildman–Crippen MR) is 93.5 cm³/mol. The number of halogens is 1. The molecule has 9 nitrogen and oxygen atoms in total. The van der Waals surface area contributed by atoms with Crippen molar-refractivity contribution in [2.24, 2.45) is 5.92 Å². The van der Waals surface area contributed by atoms with Crippen LogP contribution in [0.3, 0.4) is 0 Å². The number of nitrogens with zero attached hydrogens (tertiary/aromatic N) is 6. The standard InChI is InChI=1S/C17H26N6O3.ClH/c1-13(2)15(16-18-19-20-23(16)10-12-25-3)21-6-8-22(9-7-21)17(24)14-5-4-11-26-14;/h4-5,11,13,15H,6-10,12H2,1-3H3;1H/p-1. The zero-order valence-corrected chi connectivity index (χ0v) is 16.7. The van der Waals surface area contributed by atoms with Crippen LogP contribution < -0.4 is 12.4 Å². The number of carbonyl (C=O) groups is 1. The minimum absolute atomic E-state index is 0. The van der Waals surface area contributed by atoms with Gasteiger partial charge in [-0.3, -0.25) is 9.69 Å². The topological polar surface area (TPSA) is 89.5 Å². The van der Waals surface area contributed by atoms with Crippen molar-refractivity contribution in [3.63, 3.8) is 0 Å². The lowest BCUT2D eigenvalue weighted by Gasteiger charge is -2.40. The van der Waals surface area contributed by atoms with Gasteiger partial charge in [0, 0.05) is 33.3 Å². The summed E-state index contributed by atoms with van der Waals surface area (Å²) in [5, 5.41) is 12.2. The maximum absolute atomic E-state index is 12.4. The van der Waals surface area contributed by atoms with E-state index in [4.69, 9.17) is 9.15 Å². The highest BCUT2D eigenvalue weighted by molar-refractivity contribution is 5.91. The Morgan fingerprint density at radius 2 is 2.04 bits per heavy atom. The van der Waals surface area contributed by atoms with E-state index in [1.807, 2.05) is 9.58 Å². The molecule has 1 unspecified atom stereocenters.